The van der Waals surface area contributed by atoms with E-state index < -0.39 is 24.0 Å². The molecule has 23 heavy (non-hydrogen) atoms. The van der Waals surface area contributed by atoms with E-state index in [-0.39, 0.29) is 16.9 Å². The first kappa shape index (κ1) is 17.0. The summed E-state index contributed by atoms with van der Waals surface area (Å²) in [6, 6.07) is -1.34. The molecule has 0 saturated heterocycles. The van der Waals surface area contributed by atoms with Crippen LogP contribution in [0.3, 0.4) is 0 Å². The van der Waals surface area contributed by atoms with Crippen LogP contribution in [0.2, 0.25) is 0 Å². The molecule has 0 fully saturated rings. The van der Waals surface area contributed by atoms with E-state index in [9.17, 15) is 26.7 Å². The Labute approximate surface area is 126 Å². The summed E-state index contributed by atoms with van der Waals surface area (Å²) in [5, 5.41) is 6.86. The van der Waals surface area contributed by atoms with Crippen LogP contribution in [-0.4, -0.2) is 41.7 Å². The molecule has 0 atom stereocenters. The maximum absolute atomic E-state index is 13.6. The number of aryl methyl sites for hydroxylation is 1. The van der Waals surface area contributed by atoms with Crippen molar-refractivity contribution in [1.82, 2.24) is 29.5 Å². The van der Waals surface area contributed by atoms with Gasteiger partial charge in [-0.3, -0.25) is 0 Å². The zero-order valence-electron chi connectivity index (χ0n) is 11.8. The van der Waals surface area contributed by atoms with E-state index in [0.29, 0.717) is 17.5 Å². The first-order valence-electron chi connectivity index (χ1n) is 6.48. The molecule has 0 aromatic carbocycles. The van der Waals surface area contributed by atoms with E-state index in [2.05, 4.69) is 20.2 Å². The van der Waals surface area contributed by atoms with Gasteiger partial charge in [-0.05, 0) is 6.42 Å². The molecule has 0 bridgehead atoms. The van der Waals surface area contributed by atoms with E-state index in [1.54, 1.807) is 6.92 Å². The molecule has 0 aliphatic rings. The van der Waals surface area contributed by atoms with Gasteiger partial charge in [0.1, 0.15) is 12.7 Å². The Hall–Kier alpha value is -2.40. The normalized spacial score (nSPS) is 12.6. The highest BCUT2D eigenvalue weighted by molar-refractivity contribution is 5.77. The monoisotopic (exact) mass is 338 g/mol. The van der Waals surface area contributed by atoms with Crippen molar-refractivity contribution in [2.75, 3.05) is 0 Å². The van der Waals surface area contributed by atoms with Gasteiger partial charge in [0.2, 0.25) is 5.82 Å². The molecule has 0 N–H and O–H groups in total. The SMILES string of the molecule is CCCCc1nc(C(F)(F)C(F)(F)F)n(C(=O)n2cncn2)n1. The lowest BCUT2D eigenvalue weighted by atomic mass is 10.2. The Balaban J connectivity index is 2.51. The van der Waals surface area contributed by atoms with Crippen LogP contribution in [0.4, 0.5) is 26.7 Å². The lowest BCUT2D eigenvalue weighted by Crippen LogP contribution is -2.38. The minimum Gasteiger partial charge on any atom is -0.243 e. The molecule has 0 spiro atoms. The Bertz CT molecular complexity index is 678. The van der Waals surface area contributed by atoms with Crippen molar-refractivity contribution in [2.45, 2.75) is 38.3 Å². The summed E-state index contributed by atoms with van der Waals surface area (Å²) in [5.41, 5.74) is 0. The largest absolute Gasteiger partial charge is 0.461 e. The topological polar surface area (TPSA) is 78.5 Å². The second-order valence-electron chi connectivity index (χ2n) is 4.56. The van der Waals surface area contributed by atoms with Gasteiger partial charge in [0.05, 0.1) is 0 Å². The highest BCUT2D eigenvalue weighted by Gasteiger charge is 2.62. The van der Waals surface area contributed by atoms with Crippen molar-refractivity contribution < 1.29 is 26.7 Å². The van der Waals surface area contributed by atoms with Gasteiger partial charge in [-0.25, -0.2) is 14.8 Å². The summed E-state index contributed by atoms with van der Waals surface area (Å²) in [6.07, 6.45) is -2.95. The third-order valence-corrected chi connectivity index (χ3v) is 2.84. The number of carbonyl (C=O) groups excluding carboxylic acids is 1. The number of hydrogen-bond donors (Lipinski definition) is 0. The smallest absolute Gasteiger partial charge is 0.243 e. The van der Waals surface area contributed by atoms with Gasteiger partial charge in [0.25, 0.3) is 0 Å². The first-order chi connectivity index (χ1) is 10.7. The molecule has 12 heteroatoms. The maximum Gasteiger partial charge on any atom is 0.461 e. The Morgan fingerprint density at radius 1 is 1.26 bits per heavy atom. The zero-order valence-corrected chi connectivity index (χ0v) is 11.8. The van der Waals surface area contributed by atoms with Crippen molar-refractivity contribution in [3.63, 3.8) is 0 Å². The highest BCUT2D eigenvalue weighted by Crippen LogP contribution is 2.43. The fourth-order valence-electron chi connectivity index (χ4n) is 1.66. The molecule has 7 nitrogen and oxygen atoms in total. The minimum absolute atomic E-state index is 0.0646. The number of unbranched alkanes of at least 4 members (excludes halogenated alkanes) is 1. The van der Waals surface area contributed by atoms with Crippen LogP contribution in [-0.2, 0) is 12.3 Å². The van der Waals surface area contributed by atoms with Gasteiger partial charge >= 0.3 is 18.1 Å². The quantitative estimate of drug-likeness (QED) is 0.800. The van der Waals surface area contributed by atoms with Crippen molar-refractivity contribution in [3.8, 4) is 0 Å². The van der Waals surface area contributed by atoms with Crippen LogP contribution >= 0.6 is 0 Å². The van der Waals surface area contributed by atoms with Crippen LogP contribution in [0.1, 0.15) is 31.4 Å². The molecule has 0 aliphatic heterocycles. The molecule has 2 heterocycles. The van der Waals surface area contributed by atoms with Gasteiger partial charge < -0.3 is 0 Å². The number of carbonyl (C=O) groups is 1. The minimum atomic E-state index is -5.91. The second-order valence-corrected chi connectivity index (χ2v) is 4.56. The molecular formula is C11H11F5N6O. The van der Waals surface area contributed by atoms with Gasteiger partial charge in [-0.2, -0.15) is 36.4 Å². The lowest BCUT2D eigenvalue weighted by Gasteiger charge is -2.18. The van der Waals surface area contributed by atoms with Crippen LogP contribution in [0.15, 0.2) is 12.7 Å². The number of rotatable bonds is 4. The van der Waals surface area contributed by atoms with Crippen molar-refractivity contribution in [2.24, 2.45) is 0 Å². The van der Waals surface area contributed by atoms with Gasteiger partial charge in [0.15, 0.2) is 5.82 Å². The summed E-state index contributed by atoms with van der Waals surface area (Å²) in [5.74, 6) is -7.41. The maximum atomic E-state index is 13.6. The molecule has 126 valence electrons. The molecular weight excluding hydrogens is 327 g/mol. The molecule has 0 unspecified atom stereocenters. The summed E-state index contributed by atoms with van der Waals surface area (Å²) in [6.45, 7) is 1.79. The number of nitrogens with zero attached hydrogens (tertiary/aromatic N) is 6. The van der Waals surface area contributed by atoms with Crippen molar-refractivity contribution >= 4 is 6.03 Å². The van der Waals surface area contributed by atoms with Crippen molar-refractivity contribution in [1.29, 1.82) is 0 Å². The molecule has 0 aliphatic carbocycles. The van der Waals surface area contributed by atoms with E-state index >= 15 is 0 Å². The standard InChI is InChI=1S/C11H11F5N6O/c1-2-3-4-7-19-8(10(12,13)11(14,15)16)22(20-7)9(23)21-6-17-5-18-21/h5-6H,2-4H2,1H3. The average Bonchev–Trinajstić information content (AvgIpc) is 3.12. The van der Waals surface area contributed by atoms with Crippen LogP contribution < -0.4 is 0 Å². The third-order valence-electron chi connectivity index (χ3n) is 2.84. The van der Waals surface area contributed by atoms with E-state index in [4.69, 9.17) is 0 Å². The van der Waals surface area contributed by atoms with Gasteiger partial charge in [-0.15, -0.1) is 5.10 Å². The fourth-order valence-corrected chi connectivity index (χ4v) is 1.66. The third kappa shape index (κ3) is 3.19. The number of aromatic nitrogens is 6. The summed E-state index contributed by atoms with van der Waals surface area (Å²) in [7, 11) is 0. The lowest BCUT2D eigenvalue weighted by molar-refractivity contribution is -0.293. The van der Waals surface area contributed by atoms with Crippen LogP contribution in [0.25, 0.3) is 0 Å². The fraction of sp³-hybridized carbons (Fsp3) is 0.545. The number of alkyl halides is 5. The predicted molar refractivity (Wildman–Crippen MR) is 64.8 cm³/mol. The zero-order chi connectivity index (χ0) is 17.3. The summed E-state index contributed by atoms with van der Waals surface area (Å²) in [4.78, 5) is 18.7. The highest BCUT2D eigenvalue weighted by atomic mass is 19.4. The average molecular weight is 338 g/mol. The Morgan fingerprint density at radius 3 is 2.48 bits per heavy atom. The predicted octanol–water partition coefficient (Wildman–Crippen LogP) is 2.38. The molecule has 2 aromatic rings. The molecule has 0 amide bonds. The molecule has 0 saturated carbocycles. The number of halogens is 5. The van der Waals surface area contributed by atoms with Gasteiger partial charge in [0, 0.05) is 6.42 Å². The van der Waals surface area contributed by atoms with E-state index in [0.717, 1.165) is 12.7 Å². The summed E-state index contributed by atoms with van der Waals surface area (Å²) < 4.78 is 65.4. The Morgan fingerprint density at radius 2 is 1.96 bits per heavy atom. The molecule has 2 aromatic heterocycles. The summed E-state index contributed by atoms with van der Waals surface area (Å²) >= 11 is 0. The van der Waals surface area contributed by atoms with E-state index in [1.165, 1.54) is 0 Å². The Kier molecular flexibility index (Phi) is 4.43. The first-order valence-corrected chi connectivity index (χ1v) is 6.48. The molecule has 0 radical (unpaired) electrons. The van der Waals surface area contributed by atoms with Crippen molar-refractivity contribution in [3.05, 3.63) is 24.3 Å². The van der Waals surface area contributed by atoms with Crippen LogP contribution in [0.5, 0.6) is 0 Å². The van der Waals surface area contributed by atoms with Crippen LogP contribution in [0, 0.1) is 0 Å². The number of hydrogen-bond acceptors (Lipinski definition) is 5. The molecule has 2 rings (SSSR count). The van der Waals surface area contributed by atoms with E-state index in [1.807, 2.05) is 0 Å². The second kappa shape index (κ2) is 6.01. The van der Waals surface area contributed by atoms with Gasteiger partial charge in [-0.1, -0.05) is 13.3 Å².